The maximum Gasteiger partial charge on any atom is 0.176 e. The first-order valence-corrected chi connectivity index (χ1v) is 9.94. The highest BCUT2D eigenvalue weighted by Gasteiger charge is 2.51. The standard InChI is InChI=1S/C20H26O2S/c1-2-7-13-20(21-14-15-22-20)19-16(8-4-1)11-12-18(19)23-17-9-5-3-6-10-17/h3,5-6,8-10,18-19H,1-2,4,7,11-15H2/t18-,19-/m0/s1. The van der Waals surface area contributed by atoms with Gasteiger partial charge in [-0.05, 0) is 44.2 Å². The molecule has 1 aromatic rings. The lowest BCUT2D eigenvalue weighted by atomic mass is 9.89. The van der Waals surface area contributed by atoms with Crippen molar-refractivity contribution in [3.8, 4) is 0 Å². The Balaban J connectivity index is 1.63. The van der Waals surface area contributed by atoms with Crippen LogP contribution in [0.2, 0.25) is 0 Å². The quantitative estimate of drug-likeness (QED) is 0.695. The molecule has 0 radical (unpaired) electrons. The topological polar surface area (TPSA) is 18.5 Å². The van der Waals surface area contributed by atoms with Gasteiger partial charge < -0.3 is 9.47 Å². The van der Waals surface area contributed by atoms with E-state index in [1.54, 1.807) is 5.57 Å². The fourth-order valence-corrected chi connectivity index (χ4v) is 5.81. The van der Waals surface area contributed by atoms with Crippen LogP contribution in [0.5, 0.6) is 0 Å². The monoisotopic (exact) mass is 330 g/mol. The summed E-state index contributed by atoms with van der Waals surface area (Å²) in [6.07, 6.45) is 11.1. The van der Waals surface area contributed by atoms with E-state index in [2.05, 4.69) is 36.4 Å². The molecule has 4 rings (SSSR count). The molecule has 1 aromatic carbocycles. The van der Waals surface area contributed by atoms with E-state index >= 15 is 0 Å². The molecule has 0 bridgehead atoms. The average molecular weight is 330 g/mol. The molecule has 0 amide bonds. The molecule has 1 saturated carbocycles. The molecule has 0 N–H and O–H groups in total. The number of rotatable bonds is 2. The van der Waals surface area contributed by atoms with Crippen molar-refractivity contribution >= 4 is 11.8 Å². The molecule has 0 aromatic heterocycles. The van der Waals surface area contributed by atoms with E-state index in [0.717, 1.165) is 19.6 Å². The molecule has 1 saturated heterocycles. The van der Waals surface area contributed by atoms with E-state index in [-0.39, 0.29) is 5.79 Å². The molecule has 3 aliphatic rings. The summed E-state index contributed by atoms with van der Waals surface area (Å²) in [4.78, 5) is 1.37. The summed E-state index contributed by atoms with van der Waals surface area (Å²) >= 11 is 2.02. The Morgan fingerprint density at radius 1 is 1.00 bits per heavy atom. The summed E-state index contributed by atoms with van der Waals surface area (Å²) in [6.45, 7) is 1.51. The Morgan fingerprint density at radius 3 is 2.65 bits per heavy atom. The number of hydrogen-bond donors (Lipinski definition) is 0. The van der Waals surface area contributed by atoms with E-state index in [9.17, 15) is 0 Å². The highest BCUT2D eigenvalue weighted by atomic mass is 32.2. The van der Waals surface area contributed by atoms with Gasteiger partial charge in [-0.15, -0.1) is 11.8 Å². The summed E-state index contributed by atoms with van der Waals surface area (Å²) < 4.78 is 12.6. The van der Waals surface area contributed by atoms with Gasteiger partial charge in [0.1, 0.15) is 0 Å². The Hall–Kier alpha value is -0.770. The summed E-state index contributed by atoms with van der Waals surface area (Å²) in [6, 6.07) is 10.8. The number of ether oxygens (including phenoxy) is 2. The Bertz CT molecular complexity index is 548. The summed E-state index contributed by atoms with van der Waals surface area (Å²) in [5, 5.41) is 0.569. The van der Waals surface area contributed by atoms with Crippen LogP contribution in [-0.2, 0) is 9.47 Å². The Kier molecular flexibility index (Phi) is 4.79. The van der Waals surface area contributed by atoms with Crippen molar-refractivity contribution in [2.24, 2.45) is 5.92 Å². The molecule has 1 heterocycles. The van der Waals surface area contributed by atoms with E-state index in [1.807, 2.05) is 11.8 Å². The molecule has 2 fully saturated rings. The second-order valence-electron chi connectivity index (χ2n) is 6.87. The van der Waals surface area contributed by atoms with Crippen molar-refractivity contribution in [2.75, 3.05) is 13.2 Å². The molecule has 2 aliphatic carbocycles. The maximum absolute atomic E-state index is 6.28. The zero-order valence-electron chi connectivity index (χ0n) is 13.7. The van der Waals surface area contributed by atoms with Crippen LogP contribution in [0.15, 0.2) is 46.9 Å². The van der Waals surface area contributed by atoms with Crippen LogP contribution < -0.4 is 0 Å². The van der Waals surface area contributed by atoms with Gasteiger partial charge >= 0.3 is 0 Å². The van der Waals surface area contributed by atoms with Gasteiger partial charge in [0, 0.05) is 22.5 Å². The van der Waals surface area contributed by atoms with Crippen LogP contribution >= 0.6 is 11.8 Å². The highest BCUT2D eigenvalue weighted by Crippen LogP contribution is 2.51. The van der Waals surface area contributed by atoms with Gasteiger partial charge in [-0.2, -0.15) is 0 Å². The highest BCUT2D eigenvalue weighted by molar-refractivity contribution is 8.00. The minimum atomic E-state index is -0.348. The van der Waals surface area contributed by atoms with Crippen molar-refractivity contribution in [2.45, 2.75) is 60.9 Å². The lowest BCUT2D eigenvalue weighted by molar-refractivity contribution is -0.189. The largest absolute Gasteiger partial charge is 0.347 e. The molecule has 1 aliphatic heterocycles. The Labute approximate surface area is 143 Å². The van der Waals surface area contributed by atoms with E-state index in [0.29, 0.717) is 11.2 Å². The van der Waals surface area contributed by atoms with Gasteiger partial charge in [-0.1, -0.05) is 36.3 Å². The fourth-order valence-electron chi connectivity index (χ4n) is 4.40. The van der Waals surface area contributed by atoms with Crippen LogP contribution in [0.1, 0.15) is 44.9 Å². The SMILES string of the molecule is C1=C2CC[C@H](Sc3ccccc3)[C@H]2C2(CCCCC1)OCCO2. The van der Waals surface area contributed by atoms with Crippen LogP contribution in [0.4, 0.5) is 0 Å². The molecule has 124 valence electrons. The van der Waals surface area contributed by atoms with E-state index in [1.165, 1.54) is 43.4 Å². The molecule has 23 heavy (non-hydrogen) atoms. The summed E-state index contributed by atoms with van der Waals surface area (Å²) in [5.41, 5.74) is 1.60. The lowest BCUT2D eigenvalue weighted by Crippen LogP contribution is -2.43. The zero-order valence-corrected chi connectivity index (χ0v) is 14.5. The van der Waals surface area contributed by atoms with Gasteiger partial charge in [0.15, 0.2) is 5.79 Å². The first kappa shape index (κ1) is 15.7. The lowest BCUT2D eigenvalue weighted by Gasteiger charge is -2.37. The number of hydrogen-bond acceptors (Lipinski definition) is 3. The third kappa shape index (κ3) is 3.24. The third-order valence-corrected chi connectivity index (χ3v) is 6.76. The molecule has 2 atom stereocenters. The second kappa shape index (κ2) is 7.00. The number of thioether (sulfide) groups is 1. The third-order valence-electron chi connectivity index (χ3n) is 5.41. The zero-order chi connectivity index (χ0) is 15.5. The normalized spacial score (nSPS) is 30.3. The average Bonchev–Trinajstić information content (AvgIpc) is 3.20. The van der Waals surface area contributed by atoms with Gasteiger partial charge in [0.05, 0.1) is 13.2 Å². The number of fused-ring (bicyclic) bond motifs is 2. The van der Waals surface area contributed by atoms with Crippen LogP contribution in [0.3, 0.4) is 0 Å². The molecule has 1 spiro atoms. The van der Waals surface area contributed by atoms with Crippen molar-refractivity contribution in [1.82, 2.24) is 0 Å². The summed E-state index contributed by atoms with van der Waals surface area (Å²) in [7, 11) is 0. The Morgan fingerprint density at radius 2 is 1.83 bits per heavy atom. The van der Waals surface area contributed by atoms with E-state index < -0.39 is 0 Å². The van der Waals surface area contributed by atoms with E-state index in [4.69, 9.17) is 9.47 Å². The molecular formula is C20H26O2S. The van der Waals surface area contributed by atoms with Gasteiger partial charge in [0.2, 0.25) is 0 Å². The van der Waals surface area contributed by atoms with Crippen LogP contribution in [-0.4, -0.2) is 24.3 Å². The van der Waals surface area contributed by atoms with Gasteiger partial charge in [0.25, 0.3) is 0 Å². The van der Waals surface area contributed by atoms with Crippen molar-refractivity contribution < 1.29 is 9.47 Å². The molecule has 0 unspecified atom stereocenters. The smallest absolute Gasteiger partial charge is 0.176 e. The fraction of sp³-hybridized carbons (Fsp3) is 0.600. The predicted molar refractivity (Wildman–Crippen MR) is 94.6 cm³/mol. The van der Waals surface area contributed by atoms with Gasteiger partial charge in [-0.3, -0.25) is 0 Å². The minimum absolute atomic E-state index is 0.348. The minimum Gasteiger partial charge on any atom is -0.347 e. The van der Waals surface area contributed by atoms with Gasteiger partial charge in [-0.25, -0.2) is 0 Å². The maximum atomic E-state index is 6.28. The molecule has 3 heteroatoms. The second-order valence-corrected chi connectivity index (χ2v) is 8.19. The van der Waals surface area contributed by atoms with Crippen molar-refractivity contribution in [3.63, 3.8) is 0 Å². The molecular weight excluding hydrogens is 304 g/mol. The first-order chi connectivity index (χ1) is 11.4. The van der Waals surface area contributed by atoms with Crippen molar-refractivity contribution in [3.05, 3.63) is 42.0 Å². The number of allylic oxidation sites excluding steroid dienone is 1. The van der Waals surface area contributed by atoms with Crippen LogP contribution in [0, 0.1) is 5.92 Å². The van der Waals surface area contributed by atoms with Crippen LogP contribution in [0.25, 0.3) is 0 Å². The summed E-state index contributed by atoms with van der Waals surface area (Å²) in [5.74, 6) is 0.0763. The molecule has 2 nitrogen and oxygen atoms in total. The predicted octanol–water partition coefficient (Wildman–Crippen LogP) is 5.19. The number of benzene rings is 1. The van der Waals surface area contributed by atoms with Crippen molar-refractivity contribution in [1.29, 1.82) is 0 Å². The first-order valence-electron chi connectivity index (χ1n) is 9.06.